The summed E-state index contributed by atoms with van der Waals surface area (Å²) in [4.78, 5) is 0. The molecule has 1 unspecified atom stereocenters. The van der Waals surface area contributed by atoms with Crippen LogP contribution in [0.25, 0.3) is 0 Å². The van der Waals surface area contributed by atoms with Crippen molar-refractivity contribution in [2.75, 3.05) is 13.2 Å². The smallest absolute Gasteiger partial charge is 0.151 e. The Morgan fingerprint density at radius 3 is 1.69 bits per heavy atom. The Morgan fingerprint density at radius 2 is 1.15 bits per heavy atom. The van der Waals surface area contributed by atoms with Crippen LogP contribution in [0.1, 0.15) is 91.3 Å². The van der Waals surface area contributed by atoms with Gasteiger partial charge in [0.05, 0.1) is 18.5 Å². The predicted molar refractivity (Wildman–Crippen MR) is 168 cm³/mol. The number of benzene rings is 3. The Balaban J connectivity index is 2.20. The fourth-order valence-electron chi connectivity index (χ4n) is 5.78. The van der Waals surface area contributed by atoms with Crippen LogP contribution in [-0.4, -0.2) is 13.2 Å². The van der Waals surface area contributed by atoms with Crippen LogP contribution in [0.2, 0.25) is 0 Å². The number of rotatable bonds is 14. The highest BCUT2D eigenvalue weighted by Gasteiger charge is 2.35. The van der Waals surface area contributed by atoms with Crippen molar-refractivity contribution in [3.63, 3.8) is 0 Å². The van der Waals surface area contributed by atoms with E-state index in [2.05, 4.69) is 79.7 Å². The van der Waals surface area contributed by atoms with Crippen LogP contribution in [0.5, 0.6) is 11.5 Å². The highest BCUT2D eigenvalue weighted by atomic mass is 31.2. The van der Waals surface area contributed by atoms with E-state index >= 15 is 4.57 Å². The maximum atomic E-state index is 15.7. The van der Waals surface area contributed by atoms with E-state index in [1.54, 1.807) is 0 Å². The minimum absolute atomic E-state index is 0.470. The molecule has 212 valence electrons. The monoisotopic (exact) mass is 548 g/mol. The second-order valence-corrected chi connectivity index (χ2v) is 14.0. The lowest BCUT2D eigenvalue weighted by molar-refractivity contribution is 0.293. The van der Waals surface area contributed by atoms with Gasteiger partial charge in [-0.2, -0.15) is 0 Å². The summed E-state index contributed by atoms with van der Waals surface area (Å²) in [6, 6.07) is 14.7. The molecule has 0 saturated carbocycles. The fraction of sp³-hybridized carbons (Fsp3) is 0.486. The zero-order chi connectivity index (χ0) is 28.6. The van der Waals surface area contributed by atoms with Crippen molar-refractivity contribution >= 4 is 17.8 Å². The number of hydrogen-bond donors (Lipinski definition) is 0. The normalized spacial score (nSPS) is 12.8. The molecule has 0 aliphatic rings. The van der Waals surface area contributed by atoms with Crippen LogP contribution in [0.15, 0.2) is 42.5 Å². The highest BCUT2D eigenvalue weighted by molar-refractivity contribution is 7.78. The van der Waals surface area contributed by atoms with Crippen LogP contribution in [-0.2, 0) is 10.7 Å². The van der Waals surface area contributed by atoms with Crippen LogP contribution >= 0.6 is 7.14 Å². The Kier molecular flexibility index (Phi) is 11.3. The van der Waals surface area contributed by atoms with E-state index in [0.717, 1.165) is 66.0 Å². The molecule has 3 aromatic carbocycles. The standard InChI is InChI=1S/C35H49O3P/c1-9-11-13-17-37-31-15-16-34(33(23-31)38-18-14-12-10-2)39(36,35-29(7)21-26(4)22-30(35)8)24-32-27(5)19-25(3)20-28(32)6/h15-16,19-23H,9-14,17-18,24H2,1-8H3. The van der Waals surface area contributed by atoms with Crippen LogP contribution < -0.4 is 20.1 Å². The van der Waals surface area contributed by atoms with Gasteiger partial charge >= 0.3 is 0 Å². The van der Waals surface area contributed by atoms with E-state index in [1.807, 2.05) is 18.2 Å². The lowest BCUT2D eigenvalue weighted by Crippen LogP contribution is -2.25. The molecule has 0 heterocycles. The van der Waals surface area contributed by atoms with E-state index in [4.69, 9.17) is 9.47 Å². The Morgan fingerprint density at radius 1 is 0.641 bits per heavy atom. The summed E-state index contributed by atoms with van der Waals surface area (Å²) >= 11 is 0. The molecule has 0 radical (unpaired) electrons. The average molecular weight is 549 g/mol. The van der Waals surface area contributed by atoms with Crippen LogP contribution in [0, 0.1) is 41.5 Å². The van der Waals surface area contributed by atoms with Crippen LogP contribution in [0.4, 0.5) is 0 Å². The molecule has 39 heavy (non-hydrogen) atoms. The first-order valence-corrected chi connectivity index (χ1v) is 16.6. The van der Waals surface area contributed by atoms with Gasteiger partial charge in [-0.25, -0.2) is 0 Å². The second-order valence-electron chi connectivity index (χ2n) is 11.3. The van der Waals surface area contributed by atoms with Crippen molar-refractivity contribution in [3.8, 4) is 11.5 Å². The lowest BCUT2D eigenvalue weighted by Gasteiger charge is -2.27. The molecule has 0 bridgehead atoms. The number of unbranched alkanes of at least 4 members (excludes halogenated alkanes) is 4. The molecule has 3 rings (SSSR count). The third kappa shape index (κ3) is 7.79. The van der Waals surface area contributed by atoms with Gasteiger partial charge in [-0.3, -0.25) is 0 Å². The summed E-state index contributed by atoms with van der Waals surface area (Å²) < 4.78 is 28.3. The molecule has 0 aliphatic heterocycles. The van der Waals surface area contributed by atoms with Crippen molar-refractivity contribution in [2.24, 2.45) is 0 Å². The summed E-state index contributed by atoms with van der Waals surface area (Å²) in [7, 11) is -3.14. The molecular formula is C35H49O3P. The fourth-order valence-corrected chi connectivity index (χ4v) is 9.37. The summed E-state index contributed by atoms with van der Waals surface area (Å²) in [5.41, 5.74) is 8.13. The van der Waals surface area contributed by atoms with E-state index in [0.29, 0.717) is 25.1 Å². The van der Waals surface area contributed by atoms with Crippen molar-refractivity contribution in [1.82, 2.24) is 0 Å². The van der Waals surface area contributed by atoms with Gasteiger partial charge in [0.25, 0.3) is 0 Å². The van der Waals surface area contributed by atoms with Gasteiger partial charge in [0.15, 0.2) is 7.14 Å². The Bertz CT molecular complexity index is 1260. The summed E-state index contributed by atoms with van der Waals surface area (Å²) in [5, 5.41) is 1.76. The molecule has 0 saturated heterocycles. The maximum absolute atomic E-state index is 15.7. The second kappa shape index (κ2) is 14.2. The minimum Gasteiger partial charge on any atom is -0.493 e. The molecular weight excluding hydrogens is 499 g/mol. The SMILES string of the molecule is CCCCCOc1ccc(P(=O)(Cc2c(C)cc(C)cc2C)c2c(C)cc(C)cc2C)c(OCCCCC)c1. The third-order valence-corrected chi connectivity index (χ3v) is 10.9. The molecule has 0 aromatic heterocycles. The zero-order valence-electron chi connectivity index (χ0n) is 25.6. The molecule has 3 nitrogen and oxygen atoms in total. The van der Waals surface area contributed by atoms with E-state index in [1.165, 1.54) is 27.8 Å². The Hall–Kier alpha value is -2.51. The maximum Gasteiger partial charge on any atom is 0.151 e. The van der Waals surface area contributed by atoms with Gasteiger partial charge in [0, 0.05) is 17.5 Å². The number of ether oxygens (including phenoxy) is 2. The van der Waals surface area contributed by atoms with E-state index in [9.17, 15) is 0 Å². The van der Waals surface area contributed by atoms with Crippen molar-refractivity contribution < 1.29 is 14.0 Å². The van der Waals surface area contributed by atoms with Gasteiger partial charge in [-0.15, -0.1) is 0 Å². The quantitative estimate of drug-likeness (QED) is 0.149. The lowest BCUT2D eigenvalue weighted by atomic mass is 10.0. The summed E-state index contributed by atoms with van der Waals surface area (Å²) in [6.45, 7) is 18.4. The average Bonchev–Trinajstić information content (AvgIpc) is 2.86. The minimum atomic E-state index is -3.14. The van der Waals surface area contributed by atoms with Gasteiger partial charge in [-0.05, 0) is 94.3 Å². The van der Waals surface area contributed by atoms with Crippen LogP contribution in [0.3, 0.4) is 0 Å². The topological polar surface area (TPSA) is 35.5 Å². The van der Waals surface area contributed by atoms with Gasteiger partial charge in [0.1, 0.15) is 11.5 Å². The van der Waals surface area contributed by atoms with Gasteiger partial charge in [0.2, 0.25) is 0 Å². The first kappa shape index (κ1) is 31.0. The molecule has 3 aromatic rings. The molecule has 0 amide bonds. The number of aryl methyl sites for hydroxylation is 6. The molecule has 0 fully saturated rings. The molecule has 0 N–H and O–H groups in total. The van der Waals surface area contributed by atoms with E-state index in [-0.39, 0.29) is 0 Å². The molecule has 4 heteroatoms. The predicted octanol–water partition coefficient (Wildman–Crippen LogP) is 9.19. The zero-order valence-corrected chi connectivity index (χ0v) is 26.5. The number of hydrogen-bond acceptors (Lipinski definition) is 3. The first-order chi connectivity index (χ1) is 18.6. The third-order valence-electron chi connectivity index (χ3n) is 7.56. The van der Waals surface area contributed by atoms with Gasteiger partial charge in [-0.1, -0.05) is 74.9 Å². The Labute approximate surface area is 237 Å². The molecule has 0 spiro atoms. The van der Waals surface area contributed by atoms with Crippen molar-refractivity contribution in [2.45, 2.75) is 100 Å². The van der Waals surface area contributed by atoms with E-state index < -0.39 is 7.14 Å². The molecule has 1 atom stereocenters. The van der Waals surface area contributed by atoms with Gasteiger partial charge < -0.3 is 14.0 Å². The van der Waals surface area contributed by atoms with Crippen molar-refractivity contribution in [1.29, 1.82) is 0 Å². The molecule has 0 aliphatic carbocycles. The highest BCUT2D eigenvalue weighted by Crippen LogP contribution is 2.52. The first-order valence-electron chi connectivity index (χ1n) is 14.7. The summed E-state index contributed by atoms with van der Waals surface area (Å²) in [5.74, 6) is 1.48. The largest absolute Gasteiger partial charge is 0.493 e. The van der Waals surface area contributed by atoms with Crippen molar-refractivity contribution in [3.05, 3.63) is 81.4 Å². The summed E-state index contributed by atoms with van der Waals surface area (Å²) in [6.07, 6.45) is 7.01.